The number of unbranched alkanes of at least 4 members (excludes halogenated alkanes) is 1. The Balaban J connectivity index is 3.33. The largest absolute Gasteiger partial charge is 0.159 e. The Labute approximate surface area is 63.4 Å². The van der Waals surface area contributed by atoms with Crippen molar-refractivity contribution in [3.8, 4) is 0 Å². The topological polar surface area (TPSA) is 0 Å². The van der Waals surface area contributed by atoms with E-state index in [1.54, 1.807) is 0 Å². The third-order valence-electron chi connectivity index (χ3n) is 1.58. The Bertz CT molecular complexity index is 67.0. The molecule has 0 rings (SSSR count). The zero-order valence-electron chi connectivity index (χ0n) is 6.74. The summed E-state index contributed by atoms with van der Waals surface area (Å²) in [7, 11) is 0. The average molecular weight is 145 g/mol. The Morgan fingerprint density at radius 3 is 2.33 bits per heavy atom. The monoisotopic (exact) mass is 145 g/mol. The maximum absolute atomic E-state index is 3.81. The lowest BCUT2D eigenvalue weighted by Gasteiger charge is -2.20. The van der Waals surface area contributed by atoms with Crippen LogP contribution in [0.1, 0.15) is 33.1 Å². The second-order valence-corrected chi connectivity index (χ2v) is 4.43. The summed E-state index contributed by atoms with van der Waals surface area (Å²) in [5.74, 6) is 0. The minimum absolute atomic E-state index is 0.470. The highest BCUT2D eigenvalue weighted by Crippen LogP contribution is 2.26. The molecule has 0 aromatic carbocycles. The van der Waals surface area contributed by atoms with E-state index in [1.807, 2.05) is 11.8 Å². The Morgan fingerprint density at radius 1 is 1.44 bits per heavy atom. The molecule has 0 spiro atoms. The lowest BCUT2D eigenvalue weighted by atomic mass is 10.1. The van der Waals surface area contributed by atoms with Gasteiger partial charge in [0.25, 0.3) is 0 Å². The van der Waals surface area contributed by atoms with Crippen molar-refractivity contribution in [2.45, 2.75) is 37.9 Å². The van der Waals surface area contributed by atoms with Crippen molar-refractivity contribution in [3.63, 3.8) is 0 Å². The molecule has 0 aromatic rings. The molecule has 0 saturated heterocycles. The van der Waals surface area contributed by atoms with Crippen LogP contribution in [0.4, 0.5) is 0 Å². The van der Waals surface area contributed by atoms with E-state index in [2.05, 4.69) is 27.0 Å². The van der Waals surface area contributed by atoms with Gasteiger partial charge in [0.2, 0.25) is 0 Å². The van der Waals surface area contributed by atoms with Gasteiger partial charge in [0, 0.05) is 4.75 Å². The van der Waals surface area contributed by atoms with Gasteiger partial charge in [0.15, 0.2) is 0 Å². The van der Waals surface area contributed by atoms with Gasteiger partial charge >= 0.3 is 0 Å². The summed E-state index contributed by atoms with van der Waals surface area (Å²) < 4.78 is 0.470. The summed E-state index contributed by atoms with van der Waals surface area (Å²) in [6.45, 7) is 8.38. The molecule has 55 valence electrons. The summed E-state index contributed by atoms with van der Waals surface area (Å²) in [5.41, 5.74) is 0. The van der Waals surface area contributed by atoms with Crippen LogP contribution < -0.4 is 0 Å². The van der Waals surface area contributed by atoms with Crippen LogP contribution in [0.3, 0.4) is 0 Å². The fourth-order valence-electron chi connectivity index (χ4n) is 0.653. The van der Waals surface area contributed by atoms with E-state index in [9.17, 15) is 0 Å². The van der Waals surface area contributed by atoms with Crippen molar-refractivity contribution in [2.24, 2.45) is 0 Å². The summed E-state index contributed by atoms with van der Waals surface area (Å²) in [4.78, 5) is 0. The maximum atomic E-state index is 3.81. The van der Waals surface area contributed by atoms with Crippen LogP contribution in [0.2, 0.25) is 0 Å². The average Bonchev–Trinajstić information content (AvgIpc) is 1.84. The van der Waals surface area contributed by atoms with Crippen LogP contribution in [0.15, 0.2) is 0 Å². The van der Waals surface area contributed by atoms with Crippen molar-refractivity contribution < 1.29 is 0 Å². The van der Waals surface area contributed by atoms with Gasteiger partial charge in [-0.1, -0.05) is 33.6 Å². The van der Waals surface area contributed by atoms with E-state index in [0.29, 0.717) is 4.75 Å². The van der Waals surface area contributed by atoms with Gasteiger partial charge < -0.3 is 0 Å². The molecular weight excluding hydrogens is 128 g/mol. The lowest BCUT2D eigenvalue weighted by molar-refractivity contribution is 0.607. The second-order valence-electron chi connectivity index (χ2n) is 2.92. The fraction of sp³-hybridized carbons (Fsp3) is 0.875. The van der Waals surface area contributed by atoms with Crippen LogP contribution in [0.25, 0.3) is 0 Å². The molecule has 0 fully saturated rings. The maximum Gasteiger partial charge on any atom is 0.0100 e. The molecular formula is C8H17S. The van der Waals surface area contributed by atoms with E-state index in [1.165, 1.54) is 12.8 Å². The van der Waals surface area contributed by atoms with Crippen molar-refractivity contribution in [1.29, 1.82) is 0 Å². The first-order valence-corrected chi connectivity index (χ1v) is 4.69. The predicted molar refractivity (Wildman–Crippen MR) is 46.8 cm³/mol. The van der Waals surface area contributed by atoms with Crippen LogP contribution in [0.5, 0.6) is 0 Å². The number of hydrogen-bond acceptors (Lipinski definition) is 1. The van der Waals surface area contributed by atoms with E-state index >= 15 is 0 Å². The van der Waals surface area contributed by atoms with Crippen LogP contribution in [-0.2, 0) is 0 Å². The normalized spacial score (nSPS) is 12.0. The predicted octanol–water partition coefficient (Wildman–Crippen LogP) is 3.13. The summed E-state index contributed by atoms with van der Waals surface area (Å²) in [6, 6.07) is 0. The smallest absolute Gasteiger partial charge is 0.0100 e. The Kier molecular flexibility index (Phi) is 4.37. The molecule has 0 nitrogen and oxygen atoms in total. The minimum Gasteiger partial charge on any atom is -0.159 e. The molecule has 0 atom stereocenters. The Morgan fingerprint density at radius 2 is 2.00 bits per heavy atom. The third kappa shape index (κ3) is 4.83. The van der Waals surface area contributed by atoms with Crippen LogP contribution in [0, 0.1) is 6.92 Å². The summed E-state index contributed by atoms with van der Waals surface area (Å²) >= 11 is 1.94. The first kappa shape index (κ1) is 9.35. The summed E-state index contributed by atoms with van der Waals surface area (Å²) in [6.07, 6.45) is 5.79. The molecule has 0 aliphatic heterocycles. The minimum atomic E-state index is 0.470. The van der Waals surface area contributed by atoms with Gasteiger partial charge in [-0.3, -0.25) is 0 Å². The number of thioether (sulfide) groups is 1. The highest BCUT2D eigenvalue weighted by atomic mass is 32.2. The molecule has 0 aliphatic rings. The molecule has 0 aliphatic carbocycles. The highest BCUT2D eigenvalue weighted by Gasteiger charge is 2.13. The van der Waals surface area contributed by atoms with Gasteiger partial charge in [-0.05, 0) is 12.7 Å². The first-order valence-electron chi connectivity index (χ1n) is 3.47. The van der Waals surface area contributed by atoms with Crippen molar-refractivity contribution in [3.05, 3.63) is 6.92 Å². The molecule has 0 bridgehead atoms. The van der Waals surface area contributed by atoms with E-state index < -0.39 is 0 Å². The standard InChI is InChI=1S/C8H17S/c1-5-6-7-8(2,3)9-4/h1,5-7H2,2-4H3. The molecule has 0 aromatic heterocycles. The van der Waals surface area contributed by atoms with Crippen molar-refractivity contribution in [1.82, 2.24) is 0 Å². The number of rotatable bonds is 4. The molecule has 0 N–H and O–H groups in total. The lowest BCUT2D eigenvalue weighted by Crippen LogP contribution is -2.12. The zero-order chi connectivity index (χ0) is 7.33. The highest BCUT2D eigenvalue weighted by molar-refractivity contribution is 7.99. The van der Waals surface area contributed by atoms with E-state index in [0.717, 1.165) is 6.42 Å². The van der Waals surface area contributed by atoms with E-state index in [-0.39, 0.29) is 0 Å². The van der Waals surface area contributed by atoms with Gasteiger partial charge in [-0.15, -0.1) is 0 Å². The molecule has 0 saturated carbocycles. The second kappa shape index (κ2) is 4.21. The van der Waals surface area contributed by atoms with Gasteiger partial charge in [0.1, 0.15) is 0 Å². The Hall–Kier alpha value is 0.350. The molecule has 0 amide bonds. The third-order valence-corrected chi connectivity index (χ3v) is 2.89. The van der Waals surface area contributed by atoms with E-state index in [4.69, 9.17) is 0 Å². The van der Waals surface area contributed by atoms with Crippen molar-refractivity contribution >= 4 is 11.8 Å². The molecule has 9 heavy (non-hydrogen) atoms. The quantitative estimate of drug-likeness (QED) is 0.585. The SMILES string of the molecule is [CH2]CCCC(C)(C)SC. The molecule has 1 heteroatoms. The first-order chi connectivity index (χ1) is 4.12. The van der Waals surface area contributed by atoms with Gasteiger partial charge in [-0.2, -0.15) is 11.8 Å². The van der Waals surface area contributed by atoms with Crippen LogP contribution >= 0.6 is 11.8 Å². The fourth-order valence-corrected chi connectivity index (χ4v) is 1.00. The molecule has 0 heterocycles. The van der Waals surface area contributed by atoms with Gasteiger partial charge in [0.05, 0.1) is 0 Å². The molecule has 0 unspecified atom stereocenters. The summed E-state index contributed by atoms with van der Waals surface area (Å²) in [5, 5.41) is 0. The zero-order valence-corrected chi connectivity index (χ0v) is 7.55. The van der Waals surface area contributed by atoms with Crippen LogP contribution in [-0.4, -0.2) is 11.0 Å². The number of hydrogen-bond donors (Lipinski definition) is 0. The van der Waals surface area contributed by atoms with Crippen molar-refractivity contribution in [2.75, 3.05) is 6.26 Å². The molecule has 1 radical (unpaired) electrons. The van der Waals surface area contributed by atoms with Gasteiger partial charge in [-0.25, -0.2) is 0 Å².